The van der Waals surface area contributed by atoms with Crippen LogP contribution in [0.5, 0.6) is 0 Å². The van der Waals surface area contributed by atoms with E-state index in [9.17, 15) is 13.2 Å². The summed E-state index contributed by atoms with van der Waals surface area (Å²) in [5, 5.41) is 0. The zero-order chi connectivity index (χ0) is 18.3. The van der Waals surface area contributed by atoms with Crippen LogP contribution in [0, 0.1) is 0 Å². The number of carbonyl (C=O) groups is 1. The van der Waals surface area contributed by atoms with Crippen molar-refractivity contribution in [3.05, 3.63) is 0 Å². The molecule has 146 valence electrons. The van der Waals surface area contributed by atoms with E-state index < -0.39 is 21.5 Å². The molecule has 0 spiro atoms. The Labute approximate surface area is 178 Å². The van der Waals surface area contributed by atoms with Crippen molar-refractivity contribution in [1.29, 1.82) is 0 Å². The van der Waals surface area contributed by atoms with Gasteiger partial charge >= 0.3 is 45.6 Å². The molecule has 25 heavy (non-hydrogen) atoms. The average molecular weight is 389 g/mol. The van der Waals surface area contributed by atoms with Crippen LogP contribution in [-0.2, 0) is 19.6 Å². The average Bonchev–Trinajstić information content (AvgIpc) is 2.51. The van der Waals surface area contributed by atoms with Crippen LogP contribution >= 0.6 is 0 Å². The van der Waals surface area contributed by atoms with Crippen molar-refractivity contribution in [2.24, 2.45) is 0 Å². The Bertz CT molecular complexity index is 418. The third-order valence-corrected chi connectivity index (χ3v) is 5.12. The van der Waals surface area contributed by atoms with Crippen molar-refractivity contribution >= 4 is 16.1 Å². The first-order valence-corrected chi connectivity index (χ1v) is 11.1. The Morgan fingerprint density at radius 2 is 1.32 bits per heavy atom. The van der Waals surface area contributed by atoms with Crippen LogP contribution in [0.3, 0.4) is 0 Å². The molecule has 0 rings (SSSR count). The van der Waals surface area contributed by atoms with Gasteiger partial charge in [-0.05, 0) is 12.8 Å². The largest absolute Gasteiger partial charge is 1.00 e. The zero-order valence-electron chi connectivity index (χ0n) is 17.5. The normalized spacial score (nSPS) is 12.4. The molecule has 0 aromatic carbocycles. The van der Waals surface area contributed by atoms with Gasteiger partial charge in [-0.25, -0.2) is 0 Å². The second-order valence-corrected chi connectivity index (χ2v) is 8.06. The molecule has 1 N–H and O–H groups in total. The predicted molar refractivity (Wildman–Crippen MR) is 98.5 cm³/mol. The van der Waals surface area contributed by atoms with Crippen molar-refractivity contribution in [3.63, 3.8) is 0 Å². The summed E-state index contributed by atoms with van der Waals surface area (Å²) in [6.45, 7) is 4.20. The molecule has 1 atom stereocenters. The van der Waals surface area contributed by atoms with E-state index in [1.807, 2.05) is 6.92 Å². The molecule has 1 unspecified atom stereocenters. The number of hydrogen-bond donors (Lipinski definition) is 1. The van der Waals surface area contributed by atoms with Gasteiger partial charge in [0.2, 0.25) is 5.44 Å². The first kappa shape index (κ1) is 27.6. The first-order chi connectivity index (χ1) is 11.4. The molecule has 0 amide bonds. The van der Waals surface area contributed by atoms with Gasteiger partial charge < -0.3 is 6.16 Å². The fourth-order valence-corrected chi connectivity index (χ4v) is 3.31. The van der Waals surface area contributed by atoms with Crippen LogP contribution in [0.25, 0.3) is 0 Å². The van der Waals surface area contributed by atoms with Crippen molar-refractivity contribution in [2.75, 3.05) is 0 Å². The second-order valence-electron chi connectivity index (χ2n) is 6.51. The first-order valence-electron chi connectivity index (χ1n) is 9.57. The maximum absolute atomic E-state index is 11.7. The number of ether oxygens (including phenoxy) is 1. The zero-order valence-corrected chi connectivity index (χ0v) is 19.3. The fraction of sp³-hybridized carbons (Fsp3) is 0.944. The summed E-state index contributed by atoms with van der Waals surface area (Å²) in [4.78, 5) is 11.7. The second kappa shape index (κ2) is 17.8. The third kappa shape index (κ3) is 17.5. The number of carbonyl (C=O) groups excluding carboxylic acids is 1. The molecule has 0 aliphatic carbocycles. The Balaban J connectivity index is -0.00000264. The molecule has 0 aromatic heterocycles. The Hall–Kier alpha value is 0.380. The molecule has 0 bridgehead atoms. The standard InChI is InChI=1S/C18H36O5S.Na.H/c1-3-5-7-8-9-10-11-12-14-15-17(19)23-18(24(20,21)22)16-13-6-4-2;;/h18H,3-16H2,1-2H3,(H,20,21,22);;/q;+1;-1. The smallest absolute Gasteiger partial charge is 1.00 e. The van der Waals surface area contributed by atoms with Crippen LogP contribution in [-0.4, -0.2) is 24.4 Å². The van der Waals surface area contributed by atoms with E-state index in [1.165, 1.54) is 38.5 Å². The van der Waals surface area contributed by atoms with Gasteiger partial charge in [0.1, 0.15) is 0 Å². The summed E-state index contributed by atoms with van der Waals surface area (Å²) < 4.78 is 36.6. The van der Waals surface area contributed by atoms with E-state index in [2.05, 4.69) is 6.92 Å². The molecule has 0 radical (unpaired) electrons. The molecule has 0 saturated carbocycles. The third-order valence-electron chi connectivity index (χ3n) is 4.12. The van der Waals surface area contributed by atoms with Crippen LogP contribution in [0.1, 0.15) is 105 Å². The number of esters is 1. The molecule has 0 aliphatic heterocycles. The van der Waals surface area contributed by atoms with E-state index >= 15 is 0 Å². The maximum atomic E-state index is 11.7. The van der Waals surface area contributed by atoms with Crippen LogP contribution < -0.4 is 29.6 Å². The molecule has 7 heteroatoms. The number of rotatable bonds is 16. The van der Waals surface area contributed by atoms with E-state index in [1.54, 1.807) is 0 Å². The molecule has 0 aromatic rings. The Morgan fingerprint density at radius 3 is 1.80 bits per heavy atom. The minimum Gasteiger partial charge on any atom is -1.00 e. The predicted octanol–water partition coefficient (Wildman–Crippen LogP) is 2.36. The summed E-state index contributed by atoms with van der Waals surface area (Å²) in [5.74, 6) is -0.530. The topological polar surface area (TPSA) is 80.7 Å². The van der Waals surface area contributed by atoms with Gasteiger partial charge in [0.25, 0.3) is 0 Å². The number of hydrogen-bond acceptors (Lipinski definition) is 4. The van der Waals surface area contributed by atoms with E-state index in [0.29, 0.717) is 12.8 Å². The van der Waals surface area contributed by atoms with Gasteiger partial charge in [-0.2, -0.15) is 8.42 Å². The molecule has 0 fully saturated rings. The van der Waals surface area contributed by atoms with Gasteiger partial charge in [-0.1, -0.05) is 78.1 Å². The van der Waals surface area contributed by atoms with Gasteiger partial charge in [0.05, 0.1) is 0 Å². The quantitative estimate of drug-likeness (QED) is 0.190. The van der Waals surface area contributed by atoms with E-state index in [4.69, 9.17) is 9.29 Å². The monoisotopic (exact) mass is 388 g/mol. The number of unbranched alkanes of at least 4 members (excludes halogenated alkanes) is 10. The summed E-state index contributed by atoms with van der Waals surface area (Å²) in [7, 11) is -4.33. The minimum atomic E-state index is -4.33. The van der Waals surface area contributed by atoms with Crippen molar-refractivity contribution < 1.29 is 53.5 Å². The van der Waals surface area contributed by atoms with Gasteiger partial charge in [-0.3, -0.25) is 9.35 Å². The summed E-state index contributed by atoms with van der Waals surface area (Å²) in [6.07, 6.45) is 13.1. The summed E-state index contributed by atoms with van der Waals surface area (Å²) >= 11 is 0. The van der Waals surface area contributed by atoms with Gasteiger partial charge in [-0.15, -0.1) is 0 Å². The fourth-order valence-electron chi connectivity index (χ4n) is 2.62. The van der Waals surface area contributed by atoms with E-state index in [0.717, 1.165) is 25.7 Å². The Morgan fingerprint density at radius 1 is 0.880 bits per heavy atom. The summed E-state index contributed by atoms with van der Waals surface area (Å²) in [5.41, 5.74) is -1.41. The molecule has 5 nitrogen and oxygen atoms in total. The molecule has 0 aliphatic rings. The molecule has 0 heterocycles. The van der Waals surface area contributed by atoms with Crippen LogP contribution in [0.15, 0.2) is 0 Å². The molecular formula is C18H37NaO5S. The summed E-state index contributed by atoms with van der Waals surface area (Å²) in [6, 6.07) is 0. The minimum absolute atomic E-state index is 0. The maximum Gasteiger partial charge on any atom is 1.00 e. The van der Waals surface area contributed by atoms with Crippen molar-refractivity contribution in [3.8, 4) is 0 Å². The van der Waals surface area contributed by atoms with Crippen LogP contribution in [0.2, 0.25) is 0 Å². The molecular weight excluding hydrogens is 351 g/mol. The molecule has 0 saturated heterocycles. The van der Waals surface area contributed by atoms with Gasteiger partial charge in [0, 0.05) is 12.8 Å². The van der Waals surface area contributed by atoms with Crippen molar-refractivity contribution in [1.82, 2.24) is 0 Å². The van der Waals surface area contributed by atoms with E-state index in [-0.39, 0.29) is 43.8 Å². The van der Waals surface area contributed by atoms with Gasteiger partial charge in [0.15, 0.2) is 0 Å². The van der Waals surface area contributed by atoms with Crippen LogP contribution in [0.4, 0.5) is 0 Å². The Kier molecular flexibility index (Phi) is 19.6. The van der Waals surface area contributed by atoms with Crippen molar-refractivity contribution in [2.45, 2.75) is 109 Å². The SMILES string of the molecule is CCCCCCCCCCCC(=O)OC(CCCCC)S(=O)(=O)O.[H-].[Na+].